The number of hydrogen-bond donors (Lipinski definition) is 1. The number of rotatable bonds is 3. The van der Waals surface area contributed by atoms with Crippen LogP contribution in [0, 0.1) is 20.8 Å². The number of nitrogens with one attached hydrogen (secondary N) is 1. The first-order chi connectivity index (χ1) is 7.66. The van der Waals surface area contributed by atoms with Gasteiger partial charge in [0.2, 0.25) is 0 Å². The van der Waals surface area contributed by atoms with Crippen molar-refractivity contribution in [3.05, 3.63) is 45.4 Å². The van der Waals surface area contributed by atoms with Crippen LogP contribution in [0.1, 0.15) is 21.8 Å². The van der Waals surface area contributed by atoms with Gasteiger partial charge in [-0.2, -0.15) is 0 Å². The van der Waals surface area contributed by atoms with E-state index < -0.39 is 0 Å². The van der Waals surface area contributed by atoms with E-state index in [1.807, 2.05) is 19.9 Å². The predicted octanol–water partition coefficient (Wildman–Crippen LogP) is 3.68. The van der Waals surface area contributed by atoms with E-state index in [9.17, 15) is 0 Å². The molecule has 2 aromatic heterocycles. The predicted molar refractivity (Wildman–Crippen MR) is 70.1 cm³/mol. The fourth-order valence-corrected chi connectivity index (χ4v) is 2.48. The molecule has 0 saturated heterocycles. The Morgan fingerprint density at radius 3 is 2.62 bits per heavy atom. The quantitative estimate of drug-likeness (QED) is 0.873. The second kappa shape index (κ2) is 4.66. The Morgan fingerprint density at radius 1 is 1.19 bits per heavy atom. The molecule has 0 aliphatic carbocycles. The molecular weight excluding hydrogens is 216 g/mol. The van der Waals surface area contributed by atoms with Crippen molar-refractivity contribution in [2.45, 2.75) is 27.3 Å². The van der Waals surface area contributed by atoms with Crippen LogP contribution in [0.2, 0.25) is 0 Å². The summed E-state index contributed by atoms with van der Waals surface area (Å²) < 4.78 is 0. The first-order valence-corrected chi connectivity index (χ1v) is 6.26. The maximum Gasteiger partial charge on any atom is 0.0607 e. The van der Waals surface area contributed by atoms with Gasteiger partial charge >= 0.3 is 0 Å². The number of aryl methyl sites for hydroxylation is 3. The molecule has 3 heteroatoms. The Hall–Kier alpha value is -1.35. The average molecular weight is 232 g/mol. The summed E-state index contributed by atoms with van der Waals surface area (Å²) in [5, 5.41) is 5.56. The van der Waals surface area contributed by atoms with Gasteiger partial charge in [0.1, 0.15) is 0 Å². The number of aromatic nitrogens is 1. The highest BCUT2D eigenvalue weighted by Crippen LogP contribution is 2.19. The van der Waals surface area contributed by atoms with Gasteiger partial charge in [0.15, 0.2) is 0 Å². The van der Waals surface area contributed by atoms with Gasteiger partial charge in [-0.25, -0.2) is 0 Å². The van der Waals surface area contributed by atoms with E-state index in [0.717, 1.165) is 23.6 Å². The van der Waals surface area contributed by atoms with Crippen molar-refractivity contribution in [1.82, 2.24) is 4.98 Å². The normalized spacial score (nSPS) is 10.4. The molecule has 0 atom stereocenters. The fourth-order valence-electron chi connectivity index (χ4n) is 1.63. The topological polar surface area (TPSA) is 24.9 Å². The van der Waals surface area contributed by atoms with Gasteiger partial charge in [0, 0.05) is 17.1 Å². The van der Waals surface area contributed by atoms with E-state index >= 15 is 0 Å². The highest BCUT2D eigenvalue weighted by Gasteiger charge is 2.02. The molecular formula is C13H16N2S. The number of thiophene rings is 1. The van der Waals surface area contributed by atoms with Crippen LogP contribution >= 0.6 is 11.3 Å². The third kappa shape index (κ3) is 2.42. The van der Waals surface area contributed by atoms with E-state index in [0.29, 0.717) is 0 Å². The molecule has 0 radical (unpaired) electrons. The van der Waals surface area contributed by atoms with Gasteiger partial charge in [0.05, 0.1) is 11.4 Å². The van der Waals surface area contributed by atoms with Gasteiger partial charge in [-0.3, -0.25) is 4.98 Å². The molecule has 0 spiro atoms. The SMILES string of the molecule is Cc1ccc(NCc2sccc2C)c(C)n1. The molecule has 0 amide bonds. The van der Waals surface area contributed by atoms with Crippen molar-refractivity contribution in [3.63, 3.8) is 0 Å². The molecule has 2 rings (SSSR count). The largest absolute Gasteiger partial charge is 0.379 e. The zero-order valence-corrected chi connectivity index (χ0v) is 10.7. The number of pyridine rings is 1. The lowest BCUT2D eigenvalue weighted by molar-refractivity contribution is 1.08. The van der Waals surface area contributed by atoms with Crippen molar-refractivity contribution < 1.29 is 0 Å². The molecule has 0 bridgehead atoms. The van der Waals surface area contributed by atoms with Crippen LogP contribution in [-0.4, -0.2) is 4.98 Å². The molecule has 84 valence electrons. The first kappa shape index (κ1) is 11.1. The van der Waals surface area contributed by atoms with Crippen LogP contribution in [0.5, 0.6) is 0 Å². The van der Waals surface area contributed by atoms with Crippen molar-refractivity contribution >= 4 is 17.0 Å². The molecule has 2 nitrogen and oxygen atoms in total. The van der Waals surface area contributed by atoms with Gasteiger partial charge in [0.25, 0.3) is 0 Å². The number of hydrogen-bond acceptors (Lipinski definition) is 3. The third-order valence-corrected chi connectivity index (χ3v) is 3.66. The van der Waals surface area contributed by atoms with E-state index in [2.05, 4.69) is 34.7 Å². The van der Waals surface area contributed by atoms with Crippen molar-refractivity contribution in [1.29, 1.82) is 0 Å². The van der Waals surface area contributed by atoms with Gasteiger partial charge < -0.3 is 5.32 Å². The molecule has 16 heavy (non-hydrogen) atoms. The van der Waals surface area contributed by atoms with Crippen molar-refractivity contribution in [2.24, 2.45) is 0 Å². The highest BCUT2D eigenvalue weighted by atomic mass is 32.1. The molecule has 0 fully saturated rings. The van der Waals surface area contributed by atoms with Crippen molar-refractivity contribution in [3.8, 4) is 0 Å². The molecule has 0 aliphatic heterocycles. The smallest absolute Gasteiger partial charge is 0.0607 e. The minimum Gasteiger partial charge on any atom is -0.379 e. The summed E-state index contributed by atoms with van der Waals surface area (Å²) in [6, 6.07) is 6.29. The Morgan fingerprint density at radius 2 is 2.00 bits per heavy atom. The lowest BCUT2D eigenvalue weighted by Crippen LogP contribution is -2.02. The lowest BCUT2D eigenvalue weighted by atomic mass is 10.2. The molecule has 2 heterocycles. The maximum absolute atomic E-state index is 4.44. The molecule has 0 saturated carbocycles. The minimum absolute atomic E-state index is 0.884. The van der Waals surface area contributed by atoms with Gasteiger partial charge in [-0.15, -0.1) is 11.3 Å². The highest BCUT2D eigenvalue weighted by molar-refractivity contribution is 7.10. The second-order valence-electron chi connectivity index (χ2n) is 3.97. The molecule has 0 unspecified atom stereocenters. The standard InChI is InChI=1S/C13H16N2S/c1-9-6-7-16-13(9)8-14-12-5-4-10(2)15-11(12)3/h4-7,14H,8H2,1-3H3. The summed E-state index contributed by atoms with van der Waals surface area (Å²) in [6.07, 6.45) is 0. The molecule has 0 aliphatic rings. The maximum atomic E-state index is 4.44. The fraction of sp³-hybridized carbons (Fsp3) is 0.308. The van der Waals surface area contributed by atoms with E-state index in [4.69, 9.17) is 0 Å². The van der Waals surface area contributed by atoms with E-state index in [1.54, 1.807) is 11.3 Å². The van der Waals surface area contributed by atoms with Crippen LogP contribution in [0.25, 0.3) is 0 Å². The zero-order valence-electron chi connectivity index (χ0n) is 9.87. The van der Waals surface area contributed by atoms with Gasteiger partial charge in [-0.1, -0.05) is 0 Å². The zero-order chi connectivity index (χ0) is 11.5. The van der Waals surface area contributed by atoms with Gasteiger partial charge in [-0.05, 0) is 49.9 Å². The van der Waals surface area contributed by atoms with Crippen LogP contribution in [0.15, 0.2) is 23.6 Å². The third-order valence-electron chi connectivity index (χ3n) is 2.63. The van der Waals surface area contributed by atoms with Crippen LogP contribution in [-0.2, 0) is 6.54 Å². The van der Waals surface area contributed by atoms with Crippen LogP contribution in [0.4, 0.5) is 5.69 Å². The van der Waals surface area contributed by atoms with Crippen LogP contribution in [0.3, 0.4) is 0 Å². The lowest BCUT2D eigenvalue weighted by Gasteiger charge is -2.09. The first-order valence-electron chi connectivity index (χ1n) is 5.38. The summed E-state index contributed by atoms with van der Waals surface area (Å²) in [5.41, 5.74) is 4.61. The Bertz CT molecular complexity index is 488. The number of nitrogens with zero attached hydrogens (tertiary/aromatic N) is 1. The minimum atomic E-state index is 0.884. The summed E-state index contributed by atoms with van der Waals surface area (Å²) >= 11 is 1.79. The molecule has 0 aromatic carbocycles. The Kier molecular flexibility index (Phi) is 3.25. The van der Waals surface area contributed by atoms with E-state index in [1.165, 1.54) is 10.4 Å². The Labute approximate surface area is 100 Å². The summed E-state index contributed by atoms with van der Waals surface area (Å²) in [6.45, 7) is 7.08. The number of anilines is 1. The molecule has 2 aromatic rings. The average Bonchev–Trinajstić information content (AvgIpc) is 2.63. The monoisotopic (exact) mass is 232 g/mol. The van der Waals surface area contributed by atoms with E-state index in [-0.39, 0.29) is 0 Å². The molecule has 1 N–H and O–H groups in total. The summed E-state index contributed by atoms with van der Waals surface area (Å²) in [4.78, 5) is 5.83. The Balaban J connectivity index is 2.08. The second-order valence-corrected chi connectivity index (χ2v) is 4.97. The summed E-state index contributed by atoms with van der Waals surface area (Å²) in [5.74, 6) is 0. The van der Waals surface area contributed by atoms with Crippen molar-refractivity contribution in [2.75, 3.05) is 5.32 Å². The van der Waals surface area contributed by atoms with Crippen LogP contribution < -0.4 is 5.32 Å². The summed E-state index contributed by atoms with van der Waals surface area (Å²) in [7, 11) is 0.